The van der Waals surface area contributed by atoms with Gasteiger partial charge in [-0.15, -0.1) is 0 Å². The molecule has 2 heterocycles. The zero-order valence-corrected chi connectivity index (χ0v) is 11.0. The molecule has 1 saturated heterocycles. The molecule has 88 valence electrons. The first-order valence-corrected chi connectivity index (χ1v) is 5.65. The van der Waals surface area contributed by atoms with Crippen molar-refractivity contribution in [2.75, 3.05) is 0 Å². The smallest absolute Gasteiger partial charge is 0.399 e. The maximum Gasteiger partial charge on any atom is 0.499 e. The lowest BCUT2D eigenvalue weighted by molar-refractivity contribution is 0.00578. The van der Waals surface area contributed by atoms with E-state index in [-0.39, 0.29) is 11.2 Å². The monoisotopic (exact) mass is 242 g/mol. The van der Waals surface area contributed by atoms with Crippen molar-refractivity contribution in [2.24, 2.45) is 7.05 Å². The van der Waals surface area contributed by atoms with E-state index >= 15 is 0 Å². The van der Waals surface area contributed by atoms with Crippen LogP contribution < -0.4 is 5.46 Å². The van der Waals surface area contributed by atoms with Crippen LogP contribution in [0.2, 0.25) is 5.15 Å². The van der Waals surface area contributed by atoms with Crippen molar-refractivity contribution >= 4 is 24.2 Å². The number of aromatic nitrogens is 2. The van der Waals surface area contributed by atoms with Crippen molar-refractivity contribution in [3.8, 4) is 0 Å². The van der Waals surface area contributed by atoms with E-state index in [4.69, 9.17) is 20.9 Å². The molecule has 1 fully saturated rings. The molecule has 0 atom stereocenters. The Labute approximate surface area is 101 Å². The van der Waals surface area contributed by atoms with E-state index in [0.29, 0.717) is 5.15 Å². The average Bonchev–Trinajstić information content (AvgIpc) is 2.54. The van der Waals surface area contributed by atoms with Gasteiger partial charge < -0.3 is 9.31 Å². The number of hydrogen-bond donors (Lipinski definition) is 0. The first kappa shape index (κ1) is 12.0. The Balaban J connectivity index is 2.30. The molecule has 1 aliphatic heterocycles. The van der Waals surface area contributed by atoms with Gasteiger partial charge in [0.1, 0.15) is 5.15 Å². The Morgan fingerprint density at radius 1 is 1.25 bits per heavy atom. The minimum absolute atomic E-state index is 0.350. The minimum atomic E-state index is -0.439. The Bertz CT molecular complexity index is 401. The molecule has 0 spiro atoms. The molecule has 2 rings (SSSR count). The van der Waals surface area contributed by atoms with E-state index < -0.39 is 7.12 Å². The molecule has 0 N–H and O–H groups in total. The summed E-state index contributed by atoms with van der Waals surface area (Å²) >= 11 is 6.12. The van der Waals surface area contributed by atoms with Gasteiger partial charge >= 0.3 is 7.12 Å². The van der Waals surface area contributed by atoms with Crippen LogP contribution in [0.4, 0.5) is 0 Å². The van der Waals surface area contributed by atoms with Crippen molar-refractivity contribution in [1.29, 1.82) is 0 Å². The largest absolute Gasteiger partial charge is 0.499 e. The molecule has 0 radical (unpaired) electrons. The minimum Gasteiger partial charge on any atom is -0.399 e. The van der Waals surface area contributed by atoms with Crippen LogP contribution in [0, 0.1) is 0 Å². The van der Waals surface area contributed by atoms with Gasteiger partial charge in [0.25, 0.3) is 0 Å². The van der Waals surface area contributed by atoms with Crippen molar-refractivity contribution in [2.45, 2.75) is 38.9 Å². The van der Waals surface area contributed by atoms with Crippen LogP contribution in [0.3, 0.4) is 0 Å². The molecule has 1 aromatic rings. The highest BCUT2D eigenvalue weighted by Crippen LogP contribution is 2.36. The first-order valence-electron chi connectivity index (χ1n) is 5.28. The molecule has 16 heavy (non-hydrogen) atoms. The number of nitrogens with zero attached hydrogens (tertiary/aromatic N) is 2. The maximum absolute atomic E-state index is 6.12. The van der Waals surface area contributed by atoms with E-state index in [1.165, 1.54) is 0 Å². The third kappa shape index (κ3) is 1.67. The van der Waals surface area contributed by atoms with Crippen molar-refractivity contribution in [3.63, 3.8) is 0 Å². The van der Waals surface area contributed by atoms with Gasteiger partial charge in [0, 0.05) is 12.5 Å². The standard InChI is InChI=1S/C10H16BClN2O2/c1-9(2)10(3,4)16-11(15-9)7-6-13-14(5)8(7)12/h6H,1-5H3. The fraction of sp³-hybridized carbons (Fsp3) is 0.700. The highest BCUT2D eigenvalue weighted by Gasteiger charge is 2.52. The summed E-state index contributed by atoms with van der Waals surface area (Å²) in [5, 5.41) is 4.64. The van der Waals surface area contributed by atoms with Crippen LogP contribution in [-0.2, 0) is 16.4 Å². The lowest BCUT2D eigenvalue weighted by atomic mass is 9.82. The zero-order chi connectivity index (χ0) is 12.1. The van der Waals surface area contributed by atoms with Crippen LogP contribution in [0.5, 0.6) is 0 Å². The topological polar surface area (TPSA) is 36.3 Å². The molecular weight excluding hydrogens is 226 g/mol. The molecule has 1 aliphatic rings. The van der Waals surface area contributed by atoms with Gasteiger partial charge in [-0.05, 0) is 27.7 Å². The second-order valence-corrected chi connectivity index (χ2v) is 5.46. The van der Waals surface area contributed by atoms with Gasteiger partial charge in [-0.1, -0.05) is 11.6 Å². The van der Waals surface area contributed by atoms with E-state index in [1.807, 2.05) is 27.7 Å². The molecule has 0 aliphatic carbocycles. The summed E-state index contributed by atoms with van der Waals surface area (Å²) in [7, 11) is 1.35. The van der Waals surface area contributed by atoms with Crippen molar-refractivity contribution < 1.29 is 9.31 Å². The Kier molecular flexibility index (Phi) is 2.61. The Morgan fingerprint density at radius 3 is 2.12 bits per heavy atom. The van der Waals surface area contributed by atoms with Gasteiger partial charge in [-0.3, -0.25) is 4.68 Å². The second kappa shape index (κ2) is 3.49. The molecule has 0 aromatic carbocycles. The van der Waals surface area contributed by atoms with Crippen LogP contribution in [0.15, 0.2) is 6.20 Å². The average molecular weight is 243 g/mol. The third-order valence-electron chi connectivity index (χ3n) is 3.40. The molecular formula is C10H16BClN2O2. The molecule has 4 nitrogen and oxygen atoms in total. The van der Waals surface area contributed by atoms with Crippen molar-refractivity contribution in [1.82, 2.24) is 9.78 Å². The molecule has 1 aromatic heterocycles. The van der Waals surface area contributed by atoms with E-state index in [0.717, 1.165) is 5.46 Å². The molecule has 0 saturated carbocycles. The third-order valence-corrected chi connectivity index (χ3v) is 3.86. The Morgan fingerprint density at radius 2 is 1.75 bits per heavy atom. The van der Waals surface area contributed by atoms with Crippen LogP contribution in [0.1, 0.15) is 27.7 Å². The molecule has 0 bridgehead atoms. The predicted octanol–water partition coefficient (Wildman–Crippen LogP) is 1.37. The number of hydrogen-bond acceptors (Lipinski definition) is 3. The number of halogens is 1. The van der Waals surface area contributed by atoms with Crippen LogP contribution >= 0.6 is 11.6 Å². The maximum atomic E-state index is 6.12. The first-order chi connectivity index (χ1) is 7.24. The Hall–Kier alpha value is -0.515. The van der Waals surface area contributed by atoms with E-state index in [1.54, 1.807) is 17.9 Å². The lowest BCUT2D eigenvalue weighted by Crippen LogP contribution is -2.41. The quantitative estimate of drug-likeness (QED) is 0.698. The number of aryl methyl sites for hydroxylation is 1. The summed E-state index contributed by atoms with van der Waals surface area (Å²) in [6, 6.07) is 0. The van der Waals surface area contributed by atoms with Crippen molar-refractivity contribution in [3.05, 3.63) is 11.3 Å². The molecule has 0 amide bonds. The van der Waals surface area contributed by atoms with E-state index in [9.17, 15) is 0 Å². The highest BCUT2D eigenvalue weighted by molar-refractivity contribution is 6.65. The summed E-state index contributed by atoms with van der Waals surface area (Å²) in [6.07, 6.45) is 1.68. The SMILES string of the molecule is Cn1ncc(B2OC(C)(C)C(C)(C)O2)c1Cl. The summed E-state index contributed by atoms with van der Waals surface area (Å²) in [4.78, 5) is 0. The van der Waals surface area contributed by atoms with Gasteiger partial charge in [0.2, 0.25) is 0 Å². The molecule has 6 heteroatoms. The fourth-order valence-electron chi connectivity index (χ4n) is 1.57. The van der Waals surface area contributed by atoms with Gasteiger partial charge in [0.15, 0.2) is 0 Å². The van der Waals surface area contributed by atoms with E-state index in [2.05, 4.69) is 5.10 Å². The summed E-state index contributed by atoms with van der Waals surface area (Å²) in [6.45, 7) is 8.04. The fourth-order valence-corrected chi connectivity index (χ4v) is 1.75. The normalized spacial score (nSPS) is 22.8. The van der Waals surface area contributed by atoms with Gasteiger partial charge in [-0.25, -0.2) is 0 Å². The second-order valence-electron chi connectivity index (χ2n) is 5.10. The van der Waals surface area contributed by atoms with Gasteiger partial charge in [0.05, 0.1) is 17.4 Å². The van der Waals surface area contributed by atoms with Crippen LogP contribution in [-0.4, -0.2) is 28.1 Å². The summed E-state index contributed by atoms with van der Waals surface area (Å²) in [5.74, 6) is 0. The number of rotatable bonds is 1. The highest BCUT2D eigenvalue weighted by atomic mass is 35.5. The van der Waals surface area contributed by atoms with Crippen LogP contribution in [0.25, 0.3) is 0 Å². The molecule has 0 unspecified atom stereocenters. The lowest BCUT2D eigenvalue weighted by Gasteiger charge is -2.32. The summed E-state index contributed by atoms with van der Waals surface area (Å²) < 4.78 is 13.4. The summed E-state index contributed by atoms with van der Waals surface area (Å²) in [5.41, 5.74) is 0.0797. The zero-order valence-electron chi connectivity index (χ0n) is 10.2. The predicted molar refractivity (Wildman–Crippen MR) is 63.9 cm³/mol. The van der Waals surface area contributed by atoms with Gasteiger partial charge in [-0.2, -0.15) is 5.10 Å².